The van der Waals surface area contributed by atoms with Crippen molar-refractivity contribution in [3.63, 3.8) is 0 Å². The molecule has 0 atom stereocenters. The van der Waals surface area contributed by atoms with E-state index >= 15 is 0 Å². The maximum Gasteiger partial charge on any atom is 1.00 e. The fourth-order valence-electron chi connectivity index (χ4n) is 0. The fourth-order valence-corrected chi connectivity index (χ4v) is 0. The molecule has 4 nitrogen and oxygen atoms in total. The summed E-state index contributed by atoms with van der Waals surface area (Å²) in [5, 5.41) is 0. The van der Waals surface area contributed by atoms with Crippen molar-refractivity contribution in [1.82, 2.24) is 0 Å². The third-order valence-corrected chi connectivity index (χ3v) is 0. The monoisotopic (exact) mass is 220 g/mol. The zero-order valence-electron chi connectivity index (χ0n) is 4.12. The second kappa shape index (κ2) is 7.66. The van der Waals surface area contributed by atoms with Crippen molar-refractivity contribution in [2.45, 2.75) is 0 Å². The van der Waals surface area contributed by atoms with Crippen molar-refractivity contribution in [2.24, 2.45) is 0 Å². The standard InChI is InChI=1S/K.H3O4P.Rb/c;1-5(2,3)4;/h;(H3,1,2,3,4);/q+1;;+1/p-2. The normalized spacial score (nSPS) is 8.43. The summed E-state index contributed by atoms with van der Waals surface area (Å²) in [7, 11) is -5.14. The van der Waals surface area contributed by atoms with Crippen molar-refractivity contribution in [2.75, 3.05) is 0 Å². The summed E-state index contributed by atoms with van der Waals surface area (Å²) in [6, 6.07) is 0. The Morgan fingerprint density at radius 2 is 1.43 bits per heavy atom. The molecule has 0 aliphatic heterocycles. The van der Waals surface area contributed by atoms with Crippen LogP contribution in [-0.2, 0) is 4.57 Å². The van der Waals surface area contributed by atoms with E-state index in [0.29, 0.717) is 0 Å². The average Bonchev–Trinajstić information content (AvgIpc) is 0.722. The van der Waals surface area contributed by atoms with Gasteiger partial charge in [-0.2, -0.15) is 0 Å². The molecule has 32 valence electrons. The quantitative estimate of drug-likeness (QED) is 0.325. The van der Waals surface area contributed by atoms with Crippen LogP contribution in [0.3, 0.4) is 0 Å². The van der Waals surface area contributed by atoms with E-state index in [-0.39, 0.29) is 110 Å². The summed E-state index contributed by atoms with van der Waals surface area (Å²) >= 11 is 0. The predicted octanol–water partition coefficient (Wildman–Crippen LogP) is -8.18. The van der Waals surface area contributed by atoms with E-state index in [9.17, 15) is 0 Å². The van der Waals surface area contributed by atoms with E-state index in [4.69, 9.17) is 19.2 Å². The van der Waals surface area contributed by atoms with E-state index in [2.05, 4.69) is 0 Å². The molecule has 0 aromatic carbocycles. The molecule has 0 saturated carbocycles. The van der Waals surface area contributed by atoms with Crippen LogP contribution in [0.4, 0.5) is 0 Å². The van der Waals surface area contributed by atoms with Crippen LogP contribution in [0, 0.1) is 0 Å². The minimum Gasteiger partial charge on any atom is -0.790 e. The minimum absolute atomic E-state index is 0. The van der Waals surface area contributed by atoms with Gasteiger partial charge in [-0.05, 0) is 0 Å². The molecule has 0 aromatic heterocycles. The molecule has 0 heterocycles. The van der Waals surface area contributed by atoms with Crippen LogP contribution in [0.15, 0.2) is 0 Å². The van der Waals surface area contributed by atoms with Crippen molar-refractivity contribution in [3.8, 4) is 0 Å². The second-order valence-electron chi connectivity index (χ2n) is 0.469. The second-order valence-corrected chi connectivity index (χ2v) is 1.41. The molecule has 0 aliphatic carbocycles. The molecular weight excluding hydrogens is 220 g/mol. The summed E-state index contributed by atoms with van der Waals surface area (Å²) in [5.41, 5.74) is 0. The smallest absolute Gasteiger partial charge is 0.790 e. The largest absolute Gasteiger partial charge is 1.00 e. The van der Waals surface area contributed by atoms with Gasteiger partial charge in [0, 0.05) is 0 Å². The van der Waals surface area contributed by atoms with Crippen molar-refractivity contribution in [1.29, 1.82) is 0 Å². The number of hydrogen-bond donors (Lipinski definition) is 1. The zero-order valence-corrected chi connectivity index (χ0v) is 13.1. The molecule has 0 rings (SSSR count). The summed E-state index contributed by atoms with van der Waals surface area (Å²) in [5.74, 6) is 0. The molecule has 0 aliphatic rings. The van der Waals surface area contributed by atoms with Gasteiger partial charge in [-0.1, -0.05) is 0 Å². The van der Waals surface area contributed by atoms with Gasteiger partial charge in [-0.3, -0.25) is 0 Å². The summed E-state index contributed by atoms with van der Waals surface area (Å²) < 4.78 is 8.66. The Hall–Kier alpha value is 3.55. The first kappa shape index (κ1) is 16.9. The van der Waals surface area contributed by atoms with Gasteiger partial charge >= 0.3 is 110 Å². The van der Waals surface area contributed by atoms with Crippen LogP contribution in [-0.4, -0.2) is 4.89 Å². The molecule has 0 amide bonds. The van der Waals surface area contributed by atoms with E-state index in [1.165, 1.54) is 0 Å². The van der Waals surface area contributed by atoms with E-state index in [0.717, 1.165) is 0 Å². The van der Waals surface area contributed by atoms with Gasteiger partial charge in [0.2, 0.25) is 0 Å². The maximum absolute atomic E-state index is 8.66. The van der Waals surface area contributed by atoms with Crippen LogP contribution in [0.2, 0.25) is 0 Å². The van der Waals surface area contributed by atoms with Crippen LogP contribution >= 0.6 is 7.82 Å². The molecule has 1 N–H and O–H groups in total. The Morgan fingerprint density at radius 3 is 1.43 bits per heavy atom. The number of rotatable bonds is 0. The third-order valence-electron chi connectivity index (χ3n) is 0. The molecule has 0 unspecified atom stereocenters. The minimum atomic E-state index is -5.14. The average molecular weight is 221 g/mol. The van der Waals surface area contributed by atoms with Crippen LogP contribution in [0.5, 0.6) is 0 Å². The first-order chi connectivity index (χ1) is 2.00. The van der Waals surface area contributed by atoms with Crippen molar-refractivity contribution < 1.29 is 129 Å². The Kier molecular flexibility index (Phi) is 18.5. The Morgan fingerprint density at radius 1 is 1.43 bits per heavy atom. The van der Waals surface area contributed by atoms with Crippen LogP contribution < -0.4 is 119 Å². The Balaban J connectivity index is -0.0000000800. The van der Waals surface area contributed by atoms with E-state index in [1.54, 1.807) is 0 Å². The Bertz CT molecular complexity index is 57.8. The van der Waals surface area contributed by atoms with Crippen molar-refractivity contribution in [3.05, 3.63) is 0 Å². The number of phosphoric acid groups is 1. The molecule has 0 bridgehead atoms. The zero-order chi connectivity index (χ0) is 4.50. The first-order valence-electron chi connectivity index (χ1n) is 0.748. The van der Waals surface area contributed by atoms with Gasteiger partial charge in [0.05, 0.1) is 7.82 Å². The summed E-state index contributed by atoms with van der Waals surface area (Å²) in [6.45, 7) is 0. The van der Waals surface area contributed by atoms with Gasteiger partial charge < -0.3 is 19.2 Å². The first-order valence-corrected chi connectivity index (χ1v) is 2.24. The SMILES string of the molecule is O=P([O-])([O-])O.[K+].[Rb+]. The molecular formula is HKO4PRb. The van der Waals surface area contributed by atoms with Crippen LogP contribution in [0.1, 0.15) is 0 Å². The molecule has 0 spiro atoms. The van der Waals surface area contributed by atoms with Gasteiger partial charge in [-0.15, -0.1) is 0 Å². The molecule has 0 radical (unpaired) electrons. The Labute approximate surface area is 133 Å². The third kappa shape index (κ3) is 43.2. The van der Waals surface area contributed by atoms with Crippen LogP contribution in [0.25, 0.3) is 0 Å². The fraction of sp³-hybridized carbons (Fsp3) is 0. The molecule has 7 heavy (non-hydrogen) atoms. The van der Waals surface area contributed by atoms with Gasteiger partial charge in [0.25, 0.3) is 0 Å². The van der Waals surface area contributed by atoms with Gasteiger partial charge in [0.1, 0.15) is 0 Å². The van der Waals surface area contributed by atoms with Crippen molar-refractivity contribution >= 4 is 7.82 Å². The molecule has 0 saturated heterocycles. The maximum atomic E-state index is 8.66. The van der Waals surface area contributed by atoms with E-state index < -0.39 is 7.82 Å². The summed E-state index contributed by atoms with van der Waals surface area (Å²) in [6.07, 6.45) is 0. The molecule has 0 aromatic rings. The summed E-state index contributed by atoms with van der Waals surface area (Å²) in [4.78, 5) is 24.3. The topological polar surface area (TPSA) is 83.4 Å². The number of hydrogen-bond acceptors (Lipinski definition) is 3. The molecule has 7 heteroatoms. The predicted molar refractivity (Wildman–Crippen MR) is 9.83 cm³/mol. The van der Waals surface area contributed by atoms with Gasteiger partial charge in [0.15, 0.2) is 0 Å². The van der Waals surface area contributed by atoms with Gasteiger partial charge in [-0.25, -0.2) is 0 Å². The van der Waals surface area contributed by atoms with E-state index in [1.807, 2.05) is 0 Å². The molecule has 0 fully saturated rings.